The topological polar surface area (TPSA) is 121 Å². The Bertz CT molecular complexity index is 1020. The Kier molecular flexibility index (Phi) is 8.18. The third-order valence-corrected chi connectivity index (χ3v) is 4.69. The molecule has 0 saturated heterocycles. The van der Waals surface area contributed by atoms with E-state index < -0.39 is 0 Å². The van der Waals surface area contributed by atoms with Crippen LogP contribution in [0.1, 0.15) is 17.0 Å². The highest BCUT2D eigenvalue weighted by Gasteiger charge is 2.07. The van der Waals surface area contributed by atoms with E-state index in [1.54, 1.807) is 13.3 Å². The van der Waals surface area contributed by atoms with E-state index in [-0.39, 0.29) is 12.3 Å². The zero-order valence-corrected chi connectivity index (χ0v) is 17.8. The van der Waals surface area contributed by atoms with Crippen LogP contribution in [0, 0.1) is 0 Å². The number of methoxy groups -OCH3 is 1. The van der Waals surface area contributed by atoms with Crippen LogP contribution in [0.15, 0.2) is 53.6 Å². The van der Waals surface area contributed by atoms with Crippen LogP contribution in [0.25, 0.3) is 0 Å². The second kappa shape index (κ2) is 11.5. The number of nitrogen functional groups attached to an aromatic ring is 1. The summed E-state index contributed by atoms with van der Waals surface area (Å²) in [5.41, 5.74) is 8.74. The van der Waals surface area contributed by atoms with Gasteiger partial charge in [-0.05, 0) is 29.8 Å². The fraction of sp³-hybridized carbons (Fsp3) is 0.238. The van der Waals surface area contributed by atoms with Crippen molar-refractivity contribution in [1.82, 2.24) is 15.6 Å². The lowest BCUT2D eigenvalue weighted by atomic mass is 10.2. The molecule has 3 N–H and O–H groups in total. The highest BCUT2D eigenvalue weighted by Crippen LogP contribution is 2.25. The van der Waals surface area contributed by atoms with Gasteiger partial charge < -0.3 is 19.9 Å². The van der Waals surface area contributed by atoms with E-state index >= 15 is 0 Å². The number of benzene rings is 2. The number of anilines is 1. The first-order valence-electron chi connectivity index (χ1n) is 9.52. The Morgan fingerprint density at radius 2 is 1.94 bits per heavy atom. The Morgan fingerprint density at radius 3 is 2.71 bits per heavy atom. The number of carbonyl (C=O) groups is 1. The molecule has 0 atom stereocenters. The number of amides is 1. The van der Waals surface area contributed by atoms with Gasteiger partial charge in [0.15, 0.2) is 11.5 Å². The Hall–Kier alpha value is -3.66. The molecule has 1 heterocycles. The van der Waals surface area contributed by atoms with Gasteiger partial charge in [0.2, 0.25) is 11.0 Å². The Labute approximate surface area is 183 Å². The standard InChI is InChI=1S/C21H23N5O4S/c1-28-17-8-2-3-9-18(17)30-11-5-10-29-16-7-4-6-15(12-16)14-23-24-19(27)13-20-25-26-21(22)31-20/h2-4,6-9,12,14H,5,10-11,13H2,1H3,(H2,22,26)(H,24,27). The first kappa shape index (κ1) is 22.0. The maximum absolute atomic E-state index is 11.9. The van der Waals surface area contributed by atoms with Crippen LogP contribution in [0.2, 0.25) is 0 Å². The Morgan fingerprint density at radius 1 is 1.13 bits per heavy atom. The number of aromatic nitrogens is 2. The number of ether oxygens (including phenoxy) is 3. The maximum Gasteiger partial charge on any atom is 0.247 e. The fourth-order valence-corrected chi connectivity index (χ4v) is 3.16. The number of nitrogens with one attached hydrogen (secondary N) is 1. The average molecular weight is 442 g/mol. The summed E-state index contributed by atoms with van der Waals surface area (Å²) in [5, 5.41) is 12.3. The van der Waals surface area contributed by atoms with Crippen LogP contribution < -0.4 is 25.4 Å². The van der Waals surface area contributed by atoms with Crippen molar-refractivity contribution >= 4 is 28.6 Å². The van der Waals surface area contributed by atoms with E-state index in [0.717, 1.165) is 5.56 Å². The van der Waals surface area contributed by atoms with Crippen LogP contribution in [-0.2, 0) is 11.2 Å². The number of hydrazone groups is 1. The van der Waals surface area contributed by atoms with Gasteiger partial charge in [0.25, 0.3) is 0 Å². The van der Waals surface area contributed by atoms with E-state index in [0.29, 0.717) is 47.0 Å². The van der Waals surface area contributed by atoms with Crippen molar-refractivity contribution in [1.29, 1.82) is 0 Å². The van der Waals surface area contributed by atoms with E-state index in [9.17, 15) is 4.79 Å². The van der Waals surface area contributed by atoms with Gasteiger partial charge in [-0.1, -0.05) is 35.6 Å². The number of nitrogens with two attached hydrogens (primary N) is 1. The third-order valence-electron chi connectivity index (χ3n) is 3.94. The Balaban J connectivity index is 1.39. The van der Waals surface area contributed by atoms with Crippen LogP contribution >= 0.6 is 11.3 Å². The minimum absolute atomic E-state index is 0.0757. The summed E-state index contributed by atoms with van der Waals surface area (Å²) >= 11 is 1.17. The second-order valence-corrected chi connectivity index (χ2v) is 7.37. The highest BCUT2D eigenvalue weighted by atomic mass is 32.1. The molecule has 1 aromatic heterocycles. The molecule has 3 aromatic rings. The molecule has 1 amide bonds. The SMILES string of the molecule is COc1ccccc1OCCCOc1cccc(C=NNC(=O)Cc2nnc(N)s2)c1. The molecule has 0 aliphatic heterocycles. The molecule has 0 saturated carbocycles. The maximum atomic E-state index is 11.9. The average Bonchev–Trinajstić information content (AvgIpc) is 3.18. The lowest BCUT2D eigenvalue weighted by Gasteiger charge is -2.11. The fourth-order valence-electron chi connectivity index (χ4n) is 2.55. The lowest BCUT2D eigenvalue weighted by Crippen LogP contribution is -2.19. The quantitative estimate of drug-likeness (QED) is 0.267. The lowest BCUT2D eigenvalue weighted by molar-refractivity contribution is -0.120. The van der Waals surface area contributed by atoms with Crippen molar-refractivity contribution in [2.75, 3.05) is 26.1 Å². The molecule has 0 unspecified atom stereocenters. The normalized spacial score (nSPS) is 10.7. The summed E-state index contributed by atoms with van der Waals surface area (Å²) in [6, 6.07) is 14.9. The molecule has 0 aliphatic rings. The number of hydrogen-bond acceptors (Lipinski definition) is 9. The minimum Gasteiger partial charge on any atom is -0.493 e. The van der Waals surface area contributed by atoms with Gasteiger partial charge >= 0.3 is 0 Å². The second-order valence-electron chi connectivity index (χ2n) is 6.28. The molecular weight excluding hydrogens is 418 g/mol. The van der Waals surface area contributed by atoms with Crippen LogP contribution in [0.4, 0.5) is 5.13 Å². The molecule has 0 fully saturated rings. The summed E-state index contributed by atoms with van der Waals surface area (Å²) in [6.07, 6.45) is 2.33. The van der Waals surface area contributed by atoms with Crippen LogP contribution in [0.3, 0.4) is 0 Å². The molecule has 2 aromatic carbocycles. The summed E-state index contributed by atoms with van der Waals surface area (Å²) in [6.45, 7) is 1.01. The highest BCUT2D eigenvalue weighted by molar-refractivity contribution is 7.15. The molecule has 31 heavy (non-hydrogen) atoms. The van der Waals surface area contributed by atoms with Crippen molar-refractivity contribution in [2.24, 2.45) is 5.10 Å². The molecule has 0 spiro atoms. The van der Waals surface area contributed by atoms with Crippen molar-refractivity contribution in [3.8, 4) is 17.2 Å². The molecule has 0 aliphatic carbocycles. The zero-order chi connectivity index (χ0) is 21.9. The minimum atomic E-state index is -0.296. The van der Waals surface area contributed by atoms with Crippen molar-refractivity contribution in [3.05, 3.63) is 59.1 Å². The van der Waals surface area contributed by atoms with Crippen molar-refractivity contribution in [2.45, 2.75) is 12.8 Å². The summed E-state index contributed by atoms with van der Waals surface area (Å²) in [4.78, 5) is 11.9. The van der Waals surface area contributed by atoms with E-state index in [4.69, 9.17) is 19.9 Å². The monoisotopic (exact) mass is 441 g/mol. The first-order chi connectivity index (χ1) is 15.1. The summed E-state index contributed by atoms with van der Waals surface area (Å²) in [7, 11) is 1.61. The zero-order valence-electron chi connectivity index (χ0n) is 17.0. The molecule has 3 rings (SSSR count). The predicted molar refractivity (Wildman–Crippen MR) is 119 cm³/mol. The molecular formula is C21H23N5O4S. The first-order valence-corrected chi connectivity index (χ1v) is 10.3. The molecule has 10 heteroatoms. The van der Waals surface area contributed by atoms with Crippen LogP contribution in [-0.4, -0.2) is 42.6 Å². The number of nitrogens with zero attached hydrogens (tertiary/aromatic N) is 3. The molecule has 9 nitrogen and oxygen atoms in total. The van der Waals surface area contributed by atoms with Gasteiger partial charge in [0.1, 0.15) is 10.8 Å². The smallest absolute Gasteiger partial charge is 0.247 e. The van der Waals surface area contributed by atoms with Crippen LogP contribution in [0.5, 0.6) is 17.2 Å². The summed E-state index contributed by atoms with van der Waals surface area (Å²) < 4.78 is 16.7. The van der Waals surface area contributed by atoms with E-state index in [1.165, 1.54) is 11.3 Å². The van der Waals surface area contributed by atoms with E-state index in [2.05, 4.69) is 20.7 Å². The molecule has 162 valence electrons. The number of carbonyl (C=O) groups excluding carboxylic acids is 1. The largest absolute Gasteiger partial charge is 0.493 e. The molecule has 0 bridgehead atoms. The van der Waals surface area contributed by atoms with Gasteiger partial charge in [-0.15, -0.1) is 10.2 Å². The summed E-state index contributed by atoms with van der Waals surface area (Å²) in [5.74, 6) is 1.82. The van der Waals surface area contributed by atoms with Gasteiger partial charge in [-0.25, -0.2) is 5.43 Å². The van der Waals surface area contributed by atoms with Gasteiger partial charge in [-0.2, -0.15) is 5.10 Å². The number of hydrogen-bond donors (Lipinski definition) is 2. The number of para-hydroxylation sites is 2. The molecule has 0 radical (unpaired) electrons. The van der Waals surface area contributed by atoms with Gasteiger partial charge in [-0.3, -0.25) is 4.79 Å². The number of rotatable bonds is 11. The third kappa shape index (κ3) is 7.27. The van der Waals surface area contributed by atoms with Crippen molar-refractivity contribution < 1.29 is 19.0 Å². The van der Waals surface area contributed by atoms with E-state index in [1.807, 2.05) is 48.5 Å². The van der Waals surface area contributed by atoms with Gasteiger partial charge in [0, 0.05) is 6.42 Å². The predicted octanol–water partition coefficient (Wildman–Crippen LogP) is 2.67. The van der Waals surface area contributed by atoms with Crippen molar-refractivity contribution in [3.63, 3.8) is 0 Å². The van der Waals surface area contributed by atoms with Gasteiger partial charge in [0.05, 0.1) is 33.0 Å².